The lowest BCUT2D eigenvalue weighted by Gasteiger charge is -2.25. The Kier molecular flexibility index (Phi) is 5.08. The Balaban J connectivity index is 1.76. The molecule has 1 aliphatic heterocycles. The number of alkyl halides is 3. The van der Waals surface area contributed by atoms with Gasteiger partial charge in [0.2, 0.25) is 0 Å². The monoisotopic (exact) mass is 360 g/mol. The fraction of sp³-hybridized carbons (Fsp3) is 0.350. The normalized spacial score (nSPS) is 20.0. The molecule has 0 aromatic heterocycles. The van der Waals surface area contributed by atoms with Crippen molar-refractivity contribution in [3.05, 3.63) is 54.1 Å². The molecule has 0 amide bonds. The van der Waals surface area contributed by atoms with Crippen LogP contribution in [0, 0.1) is 24.2 Å². The van der Waals surface area contributed by atoms with Gasteiger partial charge in [0.15, 0.2) is 0 Å². The van der Waals surface area contributed by atoms with E-state index in [1.807, 2.05) is 37.3 Å². The van der Waals surface area contributed by atoms with Gasteiger partial charge in [0.25, 0.3) is 0 Å². The average molecular weight is 360 g/mol. The maximum atomic E-state index is 13.1. The molecule has 1 saturated heterocycles. The smallest absolute Gasteiger partial charge is 0.393 e. The molecule has 1 aliphatic rings. The molecule has 136 valence electrons. The van der Waals surface area contributed by atoms with Gasteiger partial charge >= 0.3 is 6.18 Å². The summed E-state index contributed by atoms with van der Waals surface area (Å²) in [6.07, 6.45) is -4.21. The molecule has 2 atom stereocenters. The quantitative estimate of drug-likeness (QED) is 0.726. The van der Waals surface area contributed by atoms with E-state index in [4.69, 9.17) is 10.00 Å². The zero-order valence-electron chi connectivity index (χ0n) is 14.3. The maximum Gasteiger partial charge on any atom is 0.393 e. The zero-order chi connectivity index (χ0) is 18.7. The van der Waals surface area contributed by atoms with Crippen molar-refractivity contribution in [2.75, 3.05) is 11.4 Å². The van der Waals surface area contributed by atoms with Crippen molar-refractivity contribution in [2.45, 2.75) is 32.0 Å². The van der Waals surface area contributed by atoms with Crippen LogP contribution in [0.25, 0.3) is 0 Å². The van der Waals surface area contributed by atoms with E-state index in [0.717, 1.165) is 11.3 Å². The van der Waals surface area contributed by atoms with Crippen molar-refractivity contribution < 1.29 is 17.9 Å². The molecule has 2 aromatic carbocycles. The third kappa shape index (κ3) is 3.93. The van der Waals surface area contributed by atoms with Crippen LogP contribution in [-0.2, 0) is 0 Å². The number of benzene rings is 2. The Morgan fingerprint density at radius 1 is 1.15 bits per heavy atom. The fourth-order valence-electron chi connectivity index (χ4n) is 3.27. The van der Waals surface area contributed by atoms with Crippen LogP contribution in [0.2, 0.25) is 0 Å². The Hall–Kier alpha value is -2.68. The summed E-state index contributed by atoms with van der Waals surface area (Å²) in [6.45, 7) is 1.82. The molecule has 0 bridgehead atoms. The number of anilines is 1. The minimum atomic E-state index is -4.24. The number of nitrogens with zero attached hydrogens (tertiary/aromatic N) is 2. The second-order valence-electron chi connectivity index (χ2n) is 6.50. The third-order valence-corrected chi connectivity index (χ3v) is 4.69. The highest BCUT2D eigenvalue weighted by Gasteiger charge is 2.47. The van der Waals surface area contributed by atoms with E-state index < -0.39 is 18.1 Å². The molecular weight excluding hydrogens is 341 g/mol. The second-order valence-corrected chi connectivity index (χ2v) is 6.50. The van der Waals surface area contributed by atoms with Gasteiger partial charge in [-0.25, -0.2) is 0 Å². The van der Waals surface area contributed by atoms with Gasteiger partial charge in [-0.15, -0.1) is 0 Å². The number of aryl methyl sites for hydroxylation is 1. The van der Waals surface area contributed by atoms with E-state index in [0.29, 0.717) is 11.4 Å². The third-order valence-electron chi connectivity index (χ3n) is 4.69. The molecule has 26 heavy (non-hydrogen) atoms. The summed E-state index contributed by atoms with van der Waals surface area (Å²) >= 11 is 0. The van der Waals surface area contributed by atoms with E-state index in [2.05, 4.69) is 0 Å². The van der Waals surface area contributed by atoms with Crippen LogP contribution in [0.1, 0.15) is 18.4 Å². The molecule has 0 saturated carbocycles. The fourth-order valence-corrected chi connectivity index (χ4v) is 3.27. The first-order valence-corrected chi connectivity index (χ1v) is 8.42. The molecule has 6 heteroatoms. The largest absolute Gasteiger partial charge is 0.457 e. The first-order chi connectivity index (χ1) is 12.4. The topological polar surface area (TPSA) is 36.3 Å². The summed E-state index contributed by atoms with van der Waals surface area (Å²) in [5, 5.41) is 8.94. The van der Waals surface area contributed by atoms with Crippen LogP contribution in [0.15, 0.2) is 48.5 Å². The molecule has 0 spiro atoms. The van der Waals surface area contributed by atoms with Crippen LogP contribution in [0.5, 0.6) is 11.5 Å². The van der Waals surface area contributed by atoms with Crippen molar-refractivity contribution in [3.63, 3.8) is 0 Å². The molecule has 1 heterocycles. The van der Waals surface area contributed by atoms with Gasteiger partial charge < -0.3 is 9.64 Å². The number of ether oxygens (including phenoxy) is 1. The standard InChI is InChI=1S/C20H19F3N2O/c1-14-4-2-3-5-19(14)26-18-8-6-16(7-9-18)25-13-15(20(21,22)23)12-17(25)10-11-24/h2-9,15,17H,10,12-13H2,1H3. The zero-order valence-corrected chi connectivity index (χ0v) is 14.3. The number of para-hydroxylation sites is 1. The average Bonchev–Trinajstić information content (AvgIpc) is 3.02. The maximum absolute atomic E-state index is 13.1. The van der Waals surface area contributed by atoms with E-state index in [1.54, 1.807) is 29.2 Å². The van der Waals surface area contributed by atoms with Crippen molar-refractivity contribution in [1.82, 2.24) is 0 Å². The minimum Gasteiger partial charge on any atom is -0.457 e. The first kappa shape index (κ1) is 18.1. The van der Waals surface area contributed by atoms with Crippen molar-refractivity contribution in [2.24, 2.45) is 5.92 Å². The van der Waals surface area contributed by atoms with E-state index in [-0.39, 0.29) is 19.4 Å². The highest BCUT2D eigenvalue weighted by molar-refractivity contribution is 5.52. The van der Waals surface area contributed by atoms with Gasteiger partial charge in [-0.1, -0.05) is 18.2 Å². The summed E-state index contributed by atoms with van der Waals surface area (Å²) in [6, 6.07) is 16.2. The first-order valence-electron chi connectivity index (χ1n) is 8.42. The Morgan fingerprint density at radius 3 is 2.46 bits per heavy atom. The molecule has 0 aliphatic carbocycles. The van der Waals surface area contributed by atoms with Crippen molar-refractivity contribution in [1.29, 1.82) is 5.26 Å². The number of hydrogen-bond donors (Lipinski definition) is 0. The molecule has 2 aromatic rings. The predicted octanol–water partition coefficient (Wildman–Crippen LogP) is 5.46. The van der Waals surface area contributed by atoms with E-state index >= 15 is 0 Å². The summed E-state index contributed by atoms with van der Waals surface area (Å²) in [4.78, 5) is 1.68. The Bertz CT molecular complexity index is 796. The molecule has 3 rings (SSSR count). The van der Waals surface area contributed by atoms with Crippen LogP contribution >= 0.6 is 0 Å². The van der Waals surface area contributed by atoms with Gasteiger partial charge in [-0.05, 0) is 49.2 Å². The molecule has 0 N–H and O–H groups in total. The summed E-state index contributed by atoms with van der Waals surface area (Å²) < 4.78 is 45.1. The predicted molar refractivity (Wildman–Crippen MR) is 93.2 cm³/mol. The van der Waals surface area contributed by atoms with Crippen LogP contribution < -0.4 is 9.64 Å². The van der Waals surface area contributed by atoms with Crippen molar-refractivity contribution in [3.8, 4) is 17.6 Å². The molecule has 3 nitrogen and oxygen atoms in total. The molecular formula is C20H19F3N2O. The number of halogens is 3. The lowest BCUT2D eigenvalue weighted by atomic mass is 10.0. The van der Waals surface area contributed by atoms with Crippen molar-refractivity contribution >= 4 is 5.69 Å². The Labute approximate surface area is 150 Å². The number of nitriles is 1. The van der Waals surface area contributed by atoms with Gasteiger partial charge in [-0.2, -0.15) is 18.4 Å². The highest BCUT2D eigenvalue weighted by Crippen LogP contribution is 2.40. The van der Waals surface area contributed by atoms with Crippen LogP contribution in [0.4, 0.5) is 18.9 Å². The summed E-state index contributed by atoms with van der Waals surface area (Å²) in [5.41, 5.74) is 1.67. The van der Waals surface area contributed by atoms with Gasteiger partial charge in [-0.3, -0.25) is 0 Å². The van der Waals surface area contributed by atoms with E-state index in [9.17, 15) is 13.2 Å². The van der Waals surface area contributed by atoms with Gasteiger partial charge in [0.1, 0.15) is 11.5 Å². The molecule has 2 unspecified atom stereocenters. The summed E-state index contributed by atoms with van der Waals surface area (Å²) in [7, 11) is 0. The Morgan fingerprint density at radius 2 is 1.85 bits per heavy atom. The van der Waals surface area contributed by atoms with Gasteiger partial charge in [0, 0.05) is 18.3 Å². The number of rotatable bonds is 4. The molecule has 0 radical (unpaired) electrons. The van der Waals surface area contributed by atoms with Crippen LogP contribution in [-0.4, -0.2) is 18.8 Å². The SMILES string of the molecule is Cc1ccccc1Oc1ccc(N2CC(C(F)(F)F)CC2CC#N)cc1. The minimum absolute atomic E-state index is 0.0431. The van der Waals surface area contributed by atoms with Gasteiger partial charge in [0.05, 0.1) is 18.4 Å². The lowest BCUT2D eigenvalue weighted by molar-refractivity contribution is -0.168. The highest BCUT2D eigenvalue weighted by atomic mass is 19.4. The number of hydrogen-bond acceptors (Lipinski definition) is 3. The molecule has 1 fully saturated rings. The van der Waals surface area contributed by atoms with Crippen LogP contribution in [0.3, 0.4) is 0 Å². The second kappa shape index (κ2) is 7.28. The summed E-state index contributed by atoms with van der Waals surface area (Å²) in [5.74, 6) is -0.0453. The lowest BCUT2D eigenvalue weighted by Crippen LogP contribution is -2.30. The van der Waals surface area contributed by atoms with E-state index in [1.165, 1.54) is 0 Å².